The van der Waals surface area contributed by atoms with Gasteiger partial charge in [0.15, 0.2) is 3.79 Å². The van der Waals surface area contributed by atoms with E-state index in [4.69, 9.17) is 40.5 Å². The van der Waals surface area contributed by atoms with Crippen molar-refractivity contribution in [3.8, 4) is 0 Å². The van der Waals surface area contributed by atoms with Crippen molar-refractivity contribution >= 4 is 34.8 Å². The molecule has 0 saturated carbocycles. The molecule has 0 fully saturated rings. The quantitative estimate of drug-likeness (QED) is 0.578. The first-order chi connectivity index (χ1) is 5.06. The molecule has 0 aromatic heterocycles. The van der Waals surface area contributed by atoms with Gasteiger partial charge < -0.3 is 11.2 Å². The maximum Gasteiger partial charge on any atom is 0.190 e. The molecule has 0 rings (SSSR count). The van der Waals surface area contributed by atoms with E-state index >= 15 is 0 Å². The van der Waals surface area contributed by atoms with Gasteiger partial charge in [-0.1, -0.05) is 47.6 Å². The molecule has 5 heteroatoms. The van der Waals surface area contributed by atoms with Gasteiger partial charge in [0.1, 0.15) is 0 Å². The molecule has 2 nitrogen and oxygen atoms in total. The lowest BCUT2D eigenvalue weighted by atomic mass is 10.1. The lowest BCUT2D eigenvalue weighted by molar-refractivity contribution is 0.624. The van der Waals surface area contributed by atoms with Crippen LogP contribution in [0.1, 0.15) is 32.1 Å². The standard InChI is InChI=1S/C7H14Cl3N.H2O/c8-7(9,10)5-3-1-2-4-6-11;/h1-6,11H2;1H2. The first kappa shape index (κ1) is 15.3. The van der Waals surface area contributed by atoms with E-state index in [1.807, 2.05) is 0 Å². The van der Waals surface area contributed by atoms with Crippen LogP contribution in [-0.2, 0) is 0 Å². The fourth-order valence-corrected chi connectivity index (χ4v) is 1.22. The summed E-state index contributed by atoms with van der Waals surface area (Å²) in [6, 6.07) is 0. The van der Waals surface area contributed by atoms with Gasteiger partial charge in [0.2, 0.25) is 0 Å². The average Bonchev–Trinajstić information content (AvgIpc) is 1.85. The van der Waals surface area contributed by atoms with Gasteiger partial charge in [-0.05, 0) is 25.8 Å². The minimum atomic E-state index is -1.07. The summed E-state index contributed by atoms with van der Waals surface area (Å²) in [5.74, 6) is 0. The SMILES string of the molecule is NCCCCCCC(Cl)(Cl)Cl.O. The molecule has 0 spiro atoms. The van der Waals surface area contributed by atoms with Gasteiger partial charge in [0.05, 0.1) is 0 Å². The molecule has 4 N–H and O–H groups in total. The van der Waals surface area contributed by atoms with Crippen molar-refractivity contribution in [2.45, 2.75) is 35.9 Å². The maximum atomic E-state index is 5.55. The van der Waals surface area contributed by atoms with Crippen molar-refractivity contribution in [2.24, 2.45) is 5.73 Å². The Bertz CT molecular complexity index is 95.1. The van der Waals surface area contributed by atoms with Crippen LogP contribution in [0.3, 0.4) is 0 Å². The van der Waals surface area contributed by atoms with Crippen LogP contribution in [0.5, 0.6) is 0 Å². The normalized spacial score (nSPS) is 11.0. The minimum absolute atomic E-state index is 0. The summed E-state index contributed by atoms with van der Waals surface area (Å²) in [7, 11) is 0. The fourth-order valence-electron chi connectivity index (χ4n) is 0.823. The summed E-state index contributed by atoms with van der Waals surface area (Å²) in [6.45, 7) is 0.758. The van der Waals surface area contributed by atoms with Gasteiger partial charge in [-0.25, -0.2) is 0 Å². The second kappa shape index (κ2) is 8.39. The number of hydrogen-bond acceptors (Lipinski definition) is 1. The van der Waals surface area contributed by atoms with Crippen LogP contribution in [-0.4, -0.2) is 15.8 Å². The Balaban J connectivity index is 0. The van der Waals surface area contributed by atoms with Crippen molar-refractivity contribution in [2.75, 3.05) is 6.54 Å². The lowest BCUT2D eigenvalue weighted by Crippen LogP contribution is -2.02. The van der Waals surface area contributed by atoms with Gasteiger partial charge in [-0.2, -0.15) is 0 Å². The molecule has 0 saturated heterocycles. The van der Waals surface area contributed by atoms with Crippen LogP contribution < -0.4 is 5.73 Å². The van der Waals surface area contributed by atoms with Crippen molar-refractivity contribution in [1.29, 1.82) is 0 Å². The second-order valence-electron chi connectivity index (χ2n) is 2.57. The Hall–Kier alpha value is 0.790. The number of nitrogens with two attached hydrogens (primary N) is 1. The molecule has 0 aliphatic carbocycles. The van der Waals surface area contributed by atoms with Crippen LogP contribution in [0.15, 0.2) is 0 Å². The maximum absolute atomic E-state index is 5.55. The summed E-state index contributed by atoms with van der Waals surface area (Å²) in [6.07, 6.45) is 4.92. The number of halogens is 3. The van der Waals surface area contributed by atoms with Crippen LogP contribution in [0, 0.1) is 0 Å². The van der Waals surface area contributed by atoms with Gasteiger partial charge >= 0.3 is 0 Å². The van der Waals surface area contributed by atoms with E-state index in [9.17, 15) is 0 Å². The largest absolute Gasteiger partial charge is 0.412 e. The van der Waals surface area contributed by atoms with Crippen LogP contribution >= 0.6 is 34.8 Å². The highest BCUT2D eigenvalue weighted by Crippen LogP contribution is 2.31. The number of unbranched alkanes of at least 4 members (excludes halogenated alkanes) is 3. The molecule has 12 heavy (non-hydrogen) atoms. The summed E-state index contributed by atoms with van der Waals surface area (Å²) in [4.78, 5) is 0. The molecular weight excluding hydrogens is 220 g/mol. The Morgan fingerprint density at radius 1 is 0.917 bits per heavy atom. The molecule has 0 atom stereocenters. The van der Waals surface area contributed by atoms with E-state index in [1.165, 1.54) is 0 Å². The molecule has 0 bridgehead atoms. The zero-order valence-corrected chi connectivity index (χ0v) is 9.22. The average molecular weight is 237 g/mol. The number of rotatable bonds is 5. The molecule has 0 amide bonds. The van der Waals surface area contributed by atoms with E-state index in [0.29, 0.717) is 6.42 Å². The Morgan fingerprint density at radius 3 is 1.83 bits per heavy atom. The van der Waals surface area contributed by atoms with E-state index in [-0.39, 0.29) is 5.48 Å². The zero-order valence-electron chi connectivity index (χ0n) is 6.95. The van der Waals surface area contributed by atoms with E-state index in [1.54, 1.807) is 0 Å². The van der Waals surface area contributed by atoms with Crippen LogP contribution in [0.4, 0.5) is 0 Å². The lowest BCUT2D eigenvalue weighted by Gasteiger charge is -2.09. The second-order valence-corrected chi connectivity index (χ2v) is 5.08. The summed E-state index contributed by atoms with van der Waals surface area (Å²) in [5, 5.41) is 0. The Kier molecular flexibility index (Phi) is 10.7. The highest BCUT2D eigenvalue weighted by Gasteiger charge is 2.17. The molecule has 0 aliphatic heterocycles. The molecule has 0 aliphatic rings. The van der Waals surface area contributed by atoms with Crippen molar-refractivity contribution < 1.29 is 5.48 Å². The molecule has 0 aromatic rings. The third kappa shape index (κ3) is 13.4. The van der Waals surface area contributed by atoms with Gasteiger partial charge in [0.25, 0.3) is 0 Å². The first-order valence-corrected chi connectivity index (χ1v) is 4.96. The zero-order chi connectivity index (χ0) is 8.74. The Morgan fingerprint density at radius 2 is 1.42 bits per heavy atom. The highest BCUT2D eigenvalue weighted by molar-refractivity contribution is 6.67. The minimum Gasteiger partial charge on any atom is -0.412 e. The monoisotopic (exact) mass is 235 g/mol. The molecule has 0 radical (unpaired) electrons. The first-order valence-electron chi connectivity index (χ1n) is 3.83. The smallest absolute Gasteiger partial charge is 0.190 e. The molecule has 0 unspecified atom stereocenters. The summed E-state index contributed by atoms with van der Waals surface area (Å²) in [5.41, 5.74) is 5.32. The number of alkyl halides is 3. The van der Waals surface area contributed by atoms with Crippen molar-refractivity contribution in [3.63, 3.8) is 0 Å². The molecule has 0 aromatic carbocycles. The Labute approximate surface area is 88.7 Å². The molecule has 0 heterocycles. The fraction of sp³-hybridized carbons (Fsp3) is 1.00. The van der Waals surface area contributed by atoms with Crippen molar-refractivity contribution in [1.82, 2.24) is 0 Å². The molecule has 76 valence electrons. The van der Waals surface area contributed by atoms with E-state index in [2.05, 4.69) is 0 Å². The predicted molar refractivity (Wildman–Crippen MR) is 56.0 cm³/mol. The predicted octanol–water partition coefficient (Wildman–Crippen LogP) is 2.44. The molecular formula is C7H16Cl3NO. The third-order valence-electron chi connectivity index (χ3n) is 1.41. The van der Waals surface area contributed by atoms with E-state index in [0.717, 1.165) is 32.2 Å². The number of hydrogen-bond donors (Lipinski definition) is 1. The van der Waals surface area contributed by atoms with Crippen molar-refractivity contribution in [3.05, 3.63) is 0 Å². The highest BCUT2D eigenvalue weighted by atomic mass is 35.6. The van der Waals surface area contributed by atoms with Gasteiger partial charge in [-0.15, -0.1) is 0 Å². The summed E-state index contributed by atoms with van der Waals surface area (Å²) < 4.78 is -1.07. The van der Waals surface area contributed by atoms with Gasteiger partial charge in [0, 0.05) is 0 Å². The van der Waals surface area contributed by atoms with Crippen LogP contribution in [0.2, 0.25) is 0 Å². The topological polar surface area (TPSA) is 57.5 Å². The van der Waals surface area contributed by atoms with E-state index < -0.39 is 3.79 Å². The third-order valence-corrected chi connectivity index (χ3v) is 1.98. The summed E-state index contributed by atoms with van der Waals surface area (Å²) >= 11 is 16.7. The van der Waals surface area contributed by atoms with Crippen LogP contribution in [0.25, 0.3) is 0 Å². The van der Waals surface area contributed by atoms with Gasteiger partial charge in [-0.3, -0.25) is 0 Å².